The van der Waals surface area contributed by atoms with Crippen LogP contribution in [0.15, 0.2) is 41.6 Å². The SMILES string of the molecule is CC1(c2cc(Cl)c(Cl)c(Cl)c2)CC(c2ccc(C3(F)CC(CC(=O)OCC[Si](C)(C)C)C3)cc2)=NO1. The Morgan fingerprint density at radius 2 is 1.72 bits per heavy atom. The quantitative estimate of drug-likeness (QED) is 0.181. The fourth-order valence-electron chi connectivity index (χ4n) is 4.67. The molecule has 0 aromatic heterocycles. The maximum atomic E-state index is 15.5. The van der Waals surface area contributed by atoms with E-state index in [1.165, 1.54) is 0 Å². The molecule has 0 spiro atoms. The Labute approximate surface area is 228 Å². The first-order valence-corrected chi connectivity index (χ1v) is 17.0. The number of nitrogens with zero attached hydrogens (tertiary/aromatic N) is 1. The van der Waals surface area contributed by atoms with Gasteiger partial charge in [0.15, 0.2) is 5.60 Å². The molecule has 1 atom stereocenters. The van der Waals surface area contributed by atoms with Gasteiger partial charge in [-0.05, 0) is 55.0 Å². The topological polar surface area (TPSA) is 47.9 Å². The summed E-state index contributed by atoms with van der Waals surface area (Å²) in [5.41, 5.74) is 0.859. The Balaban J connectivity index is 1.32. The van der Waals surface area contributed by atoms with Gasteiger partial charge in [-0.25, -0.2) is 4.39 Å². The van der Waals surface area contributed by atoms with E-state index in [9.17, 15) is 4.79 Å². The number of halogens is 4. The van der Waals surface area contributed by atoms with Crippen molar-refractivity contribution in [3.05, 3.63) is 68.2 Å². The van der Waals surface area contributed by atoms with Crippen molar-refractivity contribution in [1.82, 2.24) is 0 Å². The monoisotopic (exact) mass is 569 g/mol. The second-order valence-corrected chi connectivity index (χ2v) is 18.2. The van der Waals surface area contributed by atoms with Gasteiger partial charge < -0.3 is 9.57 Å². The molecule has 0 saturated heterocycles. The van der Waals surface area contributed by atoms with E-state index in [1.807, 2.05) is 19.1 Å². The second kappa shape index (κ2) is 10.3. The minimum atomic E-state index is -1.42. The highest BCUT2D eigenvalue weighted by molar-refractivity contribution is 6.76. The van der Waals surface area contributed by atoms with Gasteiger partial charge >= 0.3 is 5.97 Å². The predicted molar refractivity (Wildman–Crippen MR) is 147 cm³/mol. The number of ether oxygens (including phenoxy) is 1. The highest BCUT2D eigenvalue weighted by atomic mass is 35.5. The van der Waals surface area contributed by atoms with Crippen LogP contribution >= 0.6 is 34.8 Å². The van der Waals surface area contributed by atoms with Gasteiger partial charge in [-0.1, -0.05) is 83.9 Å². The molecule has 0 amide bonds. The molecule has 0 radical (unpaired) electrons. The molecule has 1 aliphatic heterocycles. The summed E-state index contributed by atoms with van der Waals surface area (Å²) in [5.74, 6) is -0.207. The number of esters is 1. The normalized spacial score (nSPS) is 25.7. The number of oxime groups is 1. The average Bonchev–Trinajstić information content (AvgIpc) is 3.18. The zero-order chi connectivity index (χ0) is 26.3. The predicted octanol–water partition coefficient (Wildman–Crippen LogP) is 8.53. The van der Waals surface area contributed by atoms with E-state index in [0.29, 0.717) is 46.5 Å². The number of carbonyl (C=O) groups is 1. The lowest BCUT2D eigenvalue weighted by atomic mass is 9.67. The molecule has 2 aromatic carbocycles. The van der Waals surface area contributed by atoms with E-state index < -0.39 is 19.3 Å². The molecule has 2 aromatic rings. The van der Waals surface area contributed by atoms with Gasteiger partial charge in [-0.15, -0.1) is 0 Å². The van der Waals surface area contributed by atoms with Gasteiger partial charge in [0.05, 0.1) is 27.4 Å². The maximum Gasteiger partial charge on any atom is 0.306 e. The van der Waals surface area contributed by atoms with Crippen LogP contribution in [0, 0.1) is 5.92 Å². The first-order chi connectivity index (χ1) is 16.8. The lowest BCUT2D eigenvalue weighted by Gasteiger charge is -2.41. The standard InChI is InChI=1S/C27H31Cl3FNO3Si/c1-26(20-12-21(28)25(30)22(29)13-20)16-23(32-35-26)18-5-7-19(8-6-18)27(31)14-17(15-27)11-24(33)34-9-10-36(2,3)4/h5-8,12-13,17H,9-11,14-16H2,1-4H3. The number of alkyl halides is 1. The van der Waals surface area contributed by atoms with Gasteiger partial charge in [-0.3, -0.25) is 4.79 Å². The summed E-state index contributed by atoms with van der Waals surface area (Å²) >= 11 is 18.5. The van der Waals surface area contributed by atoms with Crippen LogP contribution in [0.4, 0.5) is 4.39 Å². The fraction of sp³-hybridized carbons (Fsp3) is 0.481. The summed E-state index contributed by atoms with van der Waals surface area (Å²) in [7, 11) is -1.24. The zero-order valence-corrected chi connectivity index (χ0v) is 24.2. The summed E-state index contributed by atoms with van der Waals surface area (Å²) in [6.45, 7) is 9.10. The molecule has 1 saturated carbocycles. The minimum absolute atomic E-state index is 0.0143. The third-order valence-electron chi connectivity index (χ3n) is 6.99. The van der Waals surface area contributed by atoms with Gasteiger partial charge in [0.2, 0.25) is 0 Å². The van der Waals surface area contributed by atoms with E-state index in [1.54, 1.807) is 24.3 Å². The second-order valence-electron chi connectivity index (χ2n) is 11.3. The molecule has 4 rings (SSSR count). The molecule has 9 heteroatoms. The molecular formula is C27H31Cl3FNO3Si. The molecule has 1 unspecified atom stereocenters. The van der Waals surface area contributed by atoms with Gasteiger partial charge in [0.25, 0.3) is 0 Å². The Hall–Kier alpha value is -1.60. The number of hydrogen-bond donors (Lipinski definition) is 0. The van der Waals surface area contributed by atoms with E-state index in [2.05, 4.69) is 24.8 Å². The van der Waals surface area contributed by atoms with Crippen molar-refractivity contribution in [2.24, 2.45) is 11.1 Å². The van der Waals surface area contributed by atoms with E-state index in [-0.39, 0.29) is 18.3 Å². The lowest BCUT2D eigenvalue weighted by Crippen LogP contribution is -2.38. The summed E-state index contributed by atoms with van der Waals surface area (Å²) < 4.78 is 20.8. The van der Waals surface area contributed by atoms with E-state index in [4.69, 9.17) is 44.4 Å². The molecular weight excluding hydrogens is 540 g/mol. The molecule has 1 fully saturated rings. The first kappa shape index (κ1) is 27.4. The maximum absolute atomic E-state index is 15.5. The Bertz CT molecular complexity index is 1150. The van der Waals surface area contributed by atoms with Crippen LogP contribution in [-0.2, 0) is 25.6 Å². The molecule has 1 heterocycles. The Morgan fingerprint density at radius 1 is 1.11 bits per heavy atom. The van der Waals surface area contributed by atoms with E-state index >= 15 is 4.39 Å². The van der Waals surface area contributed by atoms with Crippen molar-refractivity contribution in [2.45, 2.75) is 69.6 Å². The van der Waals surface area contributed by atoms with Crippen LogP contribution < -0.4 is 0 Å². The fourth-order valence-corrected chi connectivity index (χ4v) is 5.98. The van der Waals surface area contributed by atoms with Crippen molar-refractivity contribution >= 4 is 54.6 Å². The number of hydrogen-bond acceptors (Lipinski definition) is 4. The highest BCUT2D eigenvalue weighted by Gasteiger charge is 2.47. The van der Waals surface area contributed by atoms with Crippen molar-refractivity contribution < 1.29 is 18.8 Å². The van der Waals surface area contributed by atoms with E-state index in [0.717, 1.165) is 22.9 Å². The van der Waals surface area contributed by atoms with Crippen LogP contribution in [0.25, 0.3) is 0 Å². The van der Waals surface area contributed by atoms with Crippen LogP contribution in [-0.4, -0.2) is 26.4 Å². The largest absolute Gasteiger partial charge is 0.466 e. The zero-order valence-electron chi connectivity index (χ0n) is 21.0. The minimum Gasteiger partial charge on any atom is -0.466 e. The summed E-state index contributed by atoms with van der Waals surface area (Å²) in [5, 5.41) is 5.30. The molecule has 0 N–H and O–H groups in total. The van der Waals surface area contributed by atoms with Crippen molar-refractivity contribution in [3.8, 4) is 0 Å². The Kier molecular flexibility index (Phi) is 7.83. The highest BCUT2D eigenvalue weighted by Crippen LogP contribution is 2.50. The molecule has 1 aliphatic carbocycles. The van der Waals surface area contributed by atoms with Crippen LogP contribution in [0.5, 0.6) is 0 Å². The Morgan fingerprint density at radius 3 is 2.31 bits per heavy atom. The summed E-state index contributed by atoms with van der Waals surface area (Å²) in [6.07, 6.45) is 1.44. The van der Waals surface area contributed by atoms with Crippen molar-refractivity contribution in [1.29, 1.82) is 0 Å². The number of benzene rings is 2. The average molecular weight is 571 g/mol. The summed E-state index contributed by atoms with van der Waals surface area (Å²) in [4.78, 5) is 17.9. The molecule has 36 heavy (non-hydrogen) atoms. The molecule has 0 bridgehead atoms. The molecule has 4 nitrogen and oxygen atoms in total. The van der Waals surface area contributed by atoms with Crippen LogP contribution in [0.2, 0.25) is 40.8 Å². The third-order valence-corrected chi connectivity index (χ3v) is 9.89. The molecule has 2 aliphatic rings. The third kappa shape index (κ3) is 6.09. The number of rotatable bonds is 8. The molecule has 194 valence electrons. The summed E-state index contributed by atoms with van der Waals surface area (Å²) in [6, 6.07) is 11.7. The van der Waals surface area contributed by atoms with Crippen molar-refractivity contribution in [2.75, 3.05) is 6.61 Å². The lowest BCUT2D eigenvalue weighted by molar-refractivity contribution is -0.146. The van der Waals surface area contributed by atoms with Crippen molar-refractivity contribution in [3.63, 3.8) is 0 Å². The van der Waals surface area contributed by atoms with Gasteiger partial charge in [0, 0.05) is 26.5 Å². The first-order valence-electron chi connectivity index (χ1n) is 12.1. The van der Waals surface area contributed by atoms with Gasteiger partial charge in [0.1, 0.15) is 5.67 Å². The van der Waals surface area contributed by atoms with Crippen LogP contribution in [0.1, 0.15) is 49.3 Å². The smallest absolute Gasteiger partial charge is 0.306 e. The van der Waals surface area contributed by atoms with Gasteiger partial charge in [-0.2, -0.15) is 0 Å². The number of carbonyl (C=O) groups excluding carboxylic acids is 1. The van der Waals surface area contributed by atoms with Crippen LogP contribution in [0.3, 0.4) is 0 Å².